The van der Waals surface area contributed by atoms with Crippen LogP contribution >= 0.6 is 12.2 Å². The van der Waals surface area contributed by atoms with Gasteiger partial charge in [-0.3, -0.25) is 14.9 Å². The number of nitro groups is 1. The highest BCUT2D eigenvalue weighted by Crippen LogP contribution is 2.21. The van der Waals surface area contributed by atoms with Gasteiger partial charge in [-0.25, -0.2) is 4.39 Å². The fourth-order valence-electron chi connectivity index (χ4n) is 1.76. The maximum absolute atomic E-state index is 13.6. The van der Waals surface area contributed by atoms with Gasteiger partial charge in [0, 0.05) is 25.1 Å². The number of ether oxygens (including phenoxy) is 1. The third-order valence-electron chi connectivity index (χ3n) is 2.98. The monoisotopic (exact) mass is 343 g/mol. The summed E-state index contributed by atoms with van der Waals surface area (Å²) in [5.74, 6) is -0.867. The molecule has 0 spiro atoms. The minimum absolute atomic E-state index is 0.0533. The standard InChI is InChI=1S/C14H18FN3O4S/c1-22-13(19)5-3-2-4-8-16-14(23)17-12-9-10(18(20)21)6-7-11(12)15/h6-7,9H,2-5,8H2,1H3,(H2,16,17,23). The maximum atomic E-state index is 13.6. The van der Waals surface area contributed by atoms with Gasteiger partial charge >= 0.3 is 5.97 Å². The van der Waals surface area contributed by atoms with E-state index in [2.05, 4.69) is 15.4 Å². The lowest BCUT2D eigenvalue weighted by Crippen LogP contribution is -2.29. The molecule has 1 aromatic carbocycles. The van der Waals surface area contributed by atoms with Crippen LogP contribution in [0.1, 0.15) is 25.7 Å². The number of carbonyl (C=O) groups excluding carboxylic acids is 1. The zero-order valence-corrected chi connectivity index (χ0v) is 13.5. The van der Waals surface area contributed by atoms with Crippen LogP contribution < -0.4 is 10.6 Å². The van der Waals surface area contributed by atoms with Crippen LogP contribution in [-0.4, -0.2) is 29.7 Å². The molecule has 0 saturated carbocycles. The molecule has 0 bridgehead atoms. The van der Waals surface area contributed by atoms with Crippen molar-refractivity contribution in [3.8, 4) is 0 Å². The van der Waals surface area contributed by atoms with Gasteiger partial charge in [-0.2, -0.15) is 0 Å². The van der Waals surface area contributed by atoms with Crippen LogP contribution in [0.15, 0.2) is 18.2 Å². The van der Waals surface area contributed by atoms with Gasteiger partial charge in [-0.15, -0.1) is 0 Å². The molecule has 0 saturated heterocycles. The van der Waals surface area contributed by atoms with E-state index in [9.17, 15) is 19.3 Å². The zero-order valence-electron chi connectivity index (χ0n) is 12.6. The van der Waals surface area contributed by atoms with E-state index in [1.165, 1.54) is 7.11 Å². The molecular formula is C14H18FN3O4S. The summed E-state index contributed by atoms with van der Waals surface area (Å²) in [6, 6.07) is 3.17. The van der Waals surface area contributed by atoms with E-state index < -0.39 is 10.7 Å². The van der Waals surface area contributed by atoms with Crippen LogP contribution in [-0.2, 0) is 9.53 Å². The van der Waals surface area contributed by atoms with E-state index in [1.807, 2.05) is 0 Å². The summed E-state index contributed by atoms with van der Waals surface area (Å²) >= 11 is 5.01. The Hall–Kier alpha value is -2.29. The van der Waals surface area contributed by atoms with Crippen molar-refractivity contribution in [2.45, 2.75) is 25.7 Å². The van der Waals surface area contributed by atoms with Crippen molar-refractivity contribution in [2.24, 2.45) is 0 Å². The molecule has 2 N–H and O–H groups in total. The van der Waals surface area contributed by atoms with Gasteiger partial charge in [0.05, 0.1) is 17.7 Å². The van der Waals surface area contributed by atoms with Crippen molar-refractivity contribution in [3.05, 3.63) is 34.1 Å². The molecule has 9 heteroatoms. The molecule has 1 aromatic rings. The number of benzene rings is 1. The van der Waals surface area contributed by atoms with E-state index in [4.69, 9.17) is 12.2 Å². The third kappa shape index (κ3) is 7.00. The number of hydrogen-bond donors (Lipinski definition) is 2. The minimum atomic E-state index is -0.627. The van der Waals surface area contributed by atoms with Crippen molar-refractivity contribution in [1.29, 1.82) is 0 Å². The number of unbranched alkanes of at least 4 members (excludes halogenated alkanes) is 2. The first kappa shape index (κ1) is 18.8. The minimum Gasteiger partial charge on any atom is -0.469 e. The lowest BCUT2D eigenvalue weighted by atomic mass is 10.2. The van der Waals surface area contributed by atoms with E-state index in [-0.39, 0.29) is 22.5 Å². The lowest BCUT2D eigenvalue weighted by Gasteiger charge is -2.11. The Morgan fingerprint density at radius 2 is 2.13 bits per heavy atom. The second-order valence-corrected chi connectivity index (χ2v) is 5.10. The number of nitrogens with one attached hydrogen (secondary N) is 2. The van der Waals surface area contributed by atoms with Gasteiger partial charge in [0.1, 0.15) is 5.82 Å². The molecule has 0 fully saturated rings. The molecule has 126 valence electrons. The molecule has 0 heterocycles. The van der Waals surface area contributed by atoms with Gasteiger partial charge in [-0.1, -0.05) is 6.42 Å². The van der Waals surface area contributed by atoms with Gasteiger partial charge in [0.25, 0.3) is 5.69 Å². The predicted octanol–water partition coefficient (Wildman–Crippen LogP) is 2.75. The number of non-ortho nitro benzene ring substituents is 1. The van der Waals surface area contributed by atoms with E-state index in [0.717, 1.165) is 31.0 Å². The highest BCUT2D eigenvalue weighted by molar-refractivity contribution is 7.80. The Morgan fingerprint density at radius 3 is 2.78 bits per heavy atom. The first-order valence-electron chi connectivity index (χ1n) is 6.99. The van der Waals surface area contributed by atoms with Crippen LogP contribution in [0.4, 0.5) is 15.8 Å². The summed E-state index contributed by atoms with van der Waals surface area (Å²) < 4.78 is 18.1. The maximum Gasteiger partial charge on any atom is 0.305 e. The second kappa shape index (κ2) is 9.67. The van der Waals surface area contributed by atoms with E-state index in [0.29, 0.717) is 19.4 Å². The summed E-state index contributed by atoms with van der Waals surface area (Å²) in [5.41, 5.74) is -0.276. The van der Waals surface area contributed by atoms with Crippen molar-refractivity contribution in [2.75, 3.05) is 19.0 Å². The quantitative estimate of drug-likeness (QED) is 0.246. The molecule has 1 rings (SSSR count). The number of rotatable bonds is 8. The molecule has 0 aliphatic rings. The number of nitro benzene ring substituents is 1. The van der Waals surface area contributed by atoms with Crippen molar-refractivity contribution in [3.63, 3.8) is 0 Å². The summed E-state index contributed by atoms with van der Waals surface area (Å²) in [5, 5.41) is 16.3. The fraction of sp³-hybridized carbons (Fsp3) is 0.429. The Bertz CT molecular complexity index is 583. The highest BCUT2D eigenvalue weighted by Gasteiger charge is 2.11. The fourth-order valence-corrected chi connectivity index (χ4v) is 1.98. The Labute approximate surface area is 138 Å². The summed E-state index contributed by atoms with van der Waals surface area (Å²) in [6.07, 6.45) is 2.68. The molecule has 0 amide bonds. The lowest BCUT2D eigenvalue weighted by molar-refractivity contribution is -0.384. The van der Waals surface area contributed by atoms with Crippen LogP contribution in [0.5, 0.6) is 0 Å². The number of methoxy groups -OCH3 is 1. The van der Waals surface area contributed by atoms with Crippen LogP contribution in [0, 0.1) is 15.9 Å². The molecule has 0 radical (unpaired) electrons. The average Bonchev–Trinajstić information content (AvgIpc) is 2.52. The van der Waals surface area contributed by atoms with Crippen molar-refractivity contribution < 1.29 is 18.8 Å². The largest absolute Gasteiger partial charge is 0.469 e. The molecule has 0 unspecified atom stereocenters. The number of thiocarbonyl (C=S) groups is 1. The SMILES string of the molecule is COC(=O)CCCCCNC(=S)Nc1cc([N+](=O)[O-])ccc1F. The Kier molecular flexibility index (Phi) is 7.89. The molecule has 7 nitrogen and oxygen atoms in total. The molecule has 0 aromatic heterocycles. The van der Waals surface area contributed by atoms with Gasteiger partial charge in [0.15, 0.2) is 5.11 Å². The zero-order chi connectivity index (χ0) is 17.2. The van der Waals surface area contributed by atoms with Gasteiger partial charge in [0.2, 0.25) is 0 Å². The normalized spacial score (nSPS) is 10.0. The molecular weight excluding hydrogens is 325 g/mol. The topological polar surface area (TPSA) is 93.5 Å². The van der Waals surface area contributed by atoms with Gasteiger partial charge < -0.3 is 15.4 Å². The number of esters is 1. The summed E-state index contributed by atoms with van der Waals surface area (Å²) in [6.45, 7) is 0.545. The second-order valence-electron chi connectivity index (χ2n) is 4.69. The molecule has 0 atom stereocenters. The van der Waals surface area contributed by atoms with Gasteiger partial charge in [-0.05, 0) is 31.1 Å². The number of hydrogen-bond acceptors (Lipinski definition) is 5. The van der Waals surface area contributed by atoms with Crippen LogP contribution in [0.25, 0.3) is 0 Å². The molecule has 0 aliphatic heterocycles. The van der Waals surface area contributed by atoms with Crippen LogP contribution in [0.2, 0.25) is 0 Å². The van der Waals surface area contributed by atoms with Crippen molar-refractivity contribution in [1.82, 2.24) is 5.32 Å². The van der Waals surface area contributed by atoms with E-state index >= 15 is 0 Å². The number of carbonyl (C=O) groups is 1. The van der Waals surface area contributed by atoms with E-state index in [1.54, 1.807) is 0 Å². The Morgan fingerprint density at radius 1 is 1.39 bits per heavy atom. The smallest absolute Gasteiger partial charge is 0.305 e. The molecule has 0 aliphatic carbocycles. The first-order valence-corrected chi connectivity index (χ1v) is 7.40. The predicted molar refractivity (Wildman–Crippen MR) is 87.8 cm³/mol. The first-order chi connectivity index (χ1) is 10.9. The van der Waals surface area contributed by atoms with Crippen molar-refractivity contribution >= 4 is 34.7 Å². The highest BCUT2D eigenvalue weighted by atomic mass is 32.1. The number of anilines is 1. The summed E-state index contributed by atoms with van der Waals surface area (Å²) in [7, 11) is 1.35. The van der Waals surface area contributed by atoms with Crippen LogP contribution in [0.3, 0.4) is 0 Å². The number of halogens is 1. The molecule has 23 heavy (non-hydrogen) atoms. The number of nitrogens with zero attached hydrogens (tertiary/aromatic N) is 1. The Balaban J connectivity index is 2.33. The third-order valence-corrected chi connectivity index (χ3v) is 3.23. The summed E-state index contributed by atoms with van der Waals surface area (Å²) in [4.78, 5) is 21.0. The average molecular weight is 343 g/mol.